The fraction of sp³-hybridized carbons (Fsp3) is 0.294. The summed E-state index contributed by atoms with van der Waals surface area (Å²) in [6, 6.07) is 21.5. The number of hydrogen-bond donors (Lipinski definition) is 0. The van der Waals surface area contributed by atoms with Crippen LogP contribution in [-0.2, 0) is 9.05 Å². The first kappa shape index (κ1) is 17.5. The van der Waals surface area contributed by atoms with Gasteiger partial charge >= 0.3 is 0 Å². The fourth-order valence-corrected chi connectivity index (χ4v) is 6.90. The maximum atomic E-state index is 5.63. The summed E-state index contributed by atoms with van der Waals surface area (Å²) in [5, 5.41) is 2.61. The first-order valence-electron chi connectivity index (χ1n) is 7.26. The first-order chi connectivity index (χ1) is 10.7. The van der Waals surface area contributed by atoms with E-state index in [4.69, 9.17) is 9.05 Å². The minimum Gasteiger partial charge on any atom is -0.325 e. The maximum Gasteiger partial charge on any atom is 0.262 e. The Labute approximate surface area is 136 Å². The van der Waals surface area contributed by atoms with Crippen molar-refractivity contribution in [3.63, 3.8) is 0 Å². The zero-order valence-electron chi connectivity index (χ0n) is 13.5. The van der Waals surface area contributed by atoms with Gasteiger partial charge in [0.15, 0.2) is 0 Å². The third kappa shape index (κ3) is 4.13. The smallest absolute Gasteiger partial charge is 0.262 e. The summed E-state index contributed by atoms with van der Waals surface area (Å²) in [7, 11) is 1.66. The van der Waals surface area contributed by atoms with Crippen LogP contribution in [0.4, 0.5) is 0 Å². The molecule has 3 nitrogen and oxygen atoms in total. The molecule has 0 atom stereocenters. The number of nitrogens with zero attached hydrogens (tertiary/aromatic N) is 1. The van der Waals surface area contributed by atoms with E-state index in [-0.39, 0.29) is 0 Å². The predicted octanol–water partition coefficient (Wildman–Crippen LogP) is 4.26. The summed E-state index contributed by atoms with van der Waals surface area (Å²) in [4.78, 5) is 0. The van der Waals surface area contributed by atoms with E-state index in [2.05, 4.69) is 79.0 Å². The van der Waals surface area contributed by atoms with Gasteiger partial charge in [0.05, 0.1) is 0 Å². The highest BCUT2D eigenvalue weighted by Crippen LogP contribution is 2.57. The van der Waals surface area contributed by atoms with E-state index in [1.165, 1.54) is 10.6 Å². The lowest BCUT2D eigenvalue weighted by molar-refractivity contribution is 0.297. The molecule has 0 radical (unpaired) electrons. The Bertz CT molecular complexity index is 508. The van der Waals surface area contributed by atoms with Gasteiger partial charge in [0.2, 0.25) is 0 Å². The van der Waals surface area contributed by atoms with Crippen molar-refractivity contribution in [2.75, 3.05) is 14.2 Å². The van der Waals surface area contributed by atoms with Crippen LogP contribution in [-0.4, -0.2) is 24.7 Å². The van der Waals surface area contributed by atoms with E-state index >= 15 is 0 Å². The highest BCUT2D eigenvalue weighted by atomic mass is 31.2. The van der Waals surface area contributed by atoms with Crippen LogP contribution in [0.5, 0.6) is 0 Å². The van der Waals surface area contributed by atoms with Gasteiger partial charge in [0.25, 0.3) is 8.53 Å². The molecule has 0 aliphatic rings. The zero-order chi connectivity index (χ0) is 15.9. The molecule has 0 unspecified atom stereocenters. The van der Waals surface area contributed by atoms with Crippen molar-refractivity contribution in [2.24, 2.45) is 0 Å². The Hall–Kier alpha value is -0.820. The zero-order valence-corrected chi connectivity index (χ0v) is 15.3. The van der Waals surface area contributed by atoms with Gasteiger partial charge in [-0.3, -0.25) is 0 Å². The van der Waals surface area contributed by atoms with Gasteiger partial charge in [-0.15, -0.1) is 0 Å². The minimum atomic E-state index is -1.08. The highest BCUT2D eigenvalue weighted by molar-refractivity contribution is 7.77. The lowest BCUT2D eigenvalue weighted by Gasteiger charge is -2.38. The standard InChI is InChI=1S/C17H23NO2P2/c1-15(2)18(22(19-3)20-4)21(16-11-7-5-8-12-16)17-13-9-6-10-14-17/h5-15H,1-4H3. The molecule has 0 fully saturated rings. The molecule has 0 aromatic heterocycles. The van der Waals surface area contributed by atoms with E-state index in [1.807, 2.05) is 0 Å². The Morgan fingerprint density at radius 2 is 1.18 bits per heavy atom. The average Bonchev–Trinajstić information content (AvgIpc) is 2.56. The molecule has 0 bridgehead atoms. The quantitative estimate of drug-likeness (QED) is 0.706. The van der Waals surface area contributed by atoms with Crippen LogP contribution in [0.3, 0.4) is 0 Å². The second kappa shape index (κ2) is 8.72. The normalized spacial score (nSPS) is 11.8. The molecule has 22 heavy (non-hydrogen) atoms. The van der Waals surface area contributed by atoms with Gasteiger partial charge in [0.1, 0.15) is 0 Å². The molecule has 0 amide bonds. The molecular weight excluding hydrogens is 312 g/mol. The van der Waals surface area contributed by atoms with Gasteiger partial charge in [-0.1, -0.05) is 60.7 Å². The average molecular weight is 335 g/mol. The van der Waals surface area contributed by atoms with Crippen molar-refractivity contribution < 1.29 is 9.05 Å². The molecule has 0 aliphatic heterocycles. The molecule has 2 aromatic carbocycles. The van der Waals surface area contributed by atoms with Gasteiger partial charge in [-0.2, -0.15) is 0 Å². The summed E-state index contributed by atoms with van der Waals surface area (Å²) < 4.78 is 13.6. The summed E-state index contributed by atoms with van der Waals surface area (Å²) >= 11 is 0. The molecule has 5 heteroatoms. The Morgan fingerprint density at radius 1 is 0.773 bits per heavy atom. The molecule has 0 spiro atoms. The minimum absolute atomic E-state index is 0.317. The van der Waals surface area contributed by atoms with Crippen molar-refractivity contribution in [2.45, 2.75) is 19.9 Å². The van der Waals surface area contributed by atoms with Crippen LogP contribution >= 0.6 is 16.6 Å². The highest BCUT2D eigenvalue weighted by Gasteiger charge is 2.32. The number of benzene rings is 2. The lowest BCUT2D eigenvalue weighted by atomic mass is 10.4. The Morgan fingerprint density at radius 3 is 1.50 bits per heavy atom. The van der Waals surface area contributed by atoms with E-state index in [0.717, 1.165) is 0 Å². The first-order valence-corrected chi connectivity index (χ1v) is 9.69. The van der Waals surface area contributed by atoms with Crippen molar-refractivity contribution in [3.8, 4) is 0 Å². The number of rotatable bonds is 7. The topological polar surface area (TPSA) is 21.7 Å². The Kier molecular flexibility index (Phi) is 6.95. The third-order valence-corrected chi connectivity index (χ3v) is 7.99. The van der Waals surface area contributed by atoms with E-state index in [0.29, 0.717) is 6.04 Å². The van der Waals surface area contributed by atoms with Crippen molar-refractivity contribution in [1.82, 2.24) is 4.44 Å². The fourth-order valence-electron chi connectivity index (χ4n) is 2.26. The summed E-state index contributed by atoms with van der Waals surface area (Å²) in [6.07, 6.45) is 0. The van der Waals surface area contributed by atoms with E-state index in [9.17, 15) is 0 Å². The third-order valence-electron chi connectivity index (χ3n) is 3.15. The van der Waals surface area contributed by atoms with Gasteiger partial charge in [-0.25, -0.2) is 4.44 Å². The van der Waals surface area contributed by atoms with Crippen LogP contribution in [0.1, 0.15) is 13.8 Å². The maximum absolute atomic E-state index is 5.63. The molecule has 2 aromatic rings. The van der Waals surface area contributed by atoms with Crippen molar-refractivity contribution >= 4 is 27.2 Å². The molecule has 0 heterocycles. The summed E-state index contributed by atoms with van der Waals surface area (Å²) in [5.41, 5.74) is 0. The van der Waals surface area contributed by atoms with E-state index < -0.39 is 16.6 Å². The molecule has 0 saturated heterocycles. The van der Waals surface area contributed by atoms with E-state index in [1.54, 1.807) is 14.2 Å². The van der Waals surface area contributed by atoms with Crippen LogP contribution in [0.2, 0.25) is 0 Å². The summed E-state index contributed by atoms with van der Waals surface area (Å²) in [5.74, 6) is 0. The molecule has 0 N–H and O–H groups in total. The van der Waals surface area contributed by atoms with Crippen LogP contribution in [0.25, 0.3) is 0 Å². The molecule has 2 rings (SSSR count). The molecule has 0 aliphatic carbocycles. The second-order valence-electron chi connectivity index (χ2n) is 5.00. The van der Waals surface area contributed by atoms with Gasteiger partial charge < -0.3 is 9.05 Å². The van der Waals surface area contributed by atoms with Crippen LogP contribution < -0.4 is 10.6 Å². The van der Waals surface area contributed by atoms with Crippen molar-refractivity contribution in [3.05, 3.63) is 60.7 Å². The largest absolute Gasteiger partial charge is 0.325 e. The van der Waals surface area contributed by atoms with Gasteiger partial charge in [0, 0.05) is 28.3 Å². The van der Waals surface area contributed by atoms with Crippen molar-refractivity contribution in [1.29, 1.82) is 0 Å². The molecule has 118 valence electrons. The molecule has 0 saturated carbocycles. The SMILES string of the molecule is COP(OC)N(C(C)C)P(c1ccccc1)c1ccccc1. The monoisotopic (exact) mass is 335 g/mol. The van der Waals surface area contributed by atoms with Crippen LogP contribution in [0.15, 0.2) is 60.7 Å². The lowest BCUT2D eigenvalue weighted by Crippen LogP contribution is -2.30. The predicted molar refractivity (Wildman–Crippen MR) is 97.0 cm³/mol. The molecular formula is C17H23NO2P2. The number of hydrogen-bond acceptors (Lipinski definition) is 3. The second-order valence-corrected chi connectivity index (χ2v) is 9.04. The van der Waals surface area contributed by atoms with Gasteiger partial charge in [-0.05, 0) is 24.5 Å². The van der Waals surface area contributed by atoms with Crippen LogP contribution in [0, 0.1) is 0 Å². The Balaban J connectivity index is 2.51. The summed E-state index contributed by atoms with van der Waals surface area (Å²) in [6.45, 7) is 4.38.